The van der Waals surface area contributed by atoms with Crippen LogP contribution in [0.25, 0.3) is 0 Å². The first kappa shape index (κ1) is 27.7. The Hall–Kier alpha value is -3.30. The fourth-order valence-electron chi connectivity index (χ4n) is 3.19. The summed E-state index contributed by atoms with van der Waals surface area (Å²) in [6.45, 7) is 10.3. The predicted octanol–water partition coefficient (Wildman–Crippen LogP) is 1.97. The number of likely N-dealkylation sites (N-methyl/N-ethyl adjacent to an activating group) is 1. The van der Waals surface area contributed by atoms with Gasteiger partial charge in [0.2, 0.25) is 17.7 Å². The third-order valence-corrected chi connectivity index (χ3v) is 4.51. The third-order valence-electron chi connectivity index (χ3n) is 4.51. The van der Waals surface area contributed by atoms with Crippen molar-refractivity contribution in [3.63, 3.8) is 0 Å². The number of phenolic OH excluding ortho intramolecular Hbond substituents is 1. The lowest BCUT2D eigenvalue weighted by molar-refractivity contribution is -0.142. The molecule has 0 saturated heterocycles. The van der Waals surface area contributed by atoms with Crippen LogP contribution in [0.5, 0.6) is 5.75 Å². The number of nitrogens with zero attached hydrogens (tertiary/aromatic N) is 1. The largest absolute Gasteiger partial charge is 0.508 e. The number of alkyl carbamates (subject to hydrolysis) is 1. The van der Waals surface area contributed by atoms with Crippen LogP contribution in [0, 0.1) is 0 Å². The predicted molar refractivity (Wildman–Crippen MR) is 123 cm³/mol. The van der Waals surface area contributed by atoms with Crippen LogP contribution in [-0.2, 0) is 19.1 Å². The number of rotatable bonds is 10. The van der Waals surface area contributed by atoms with E-state index < -0.39 is 41.5 Å². The van der Waals surface area contributed by atoms with Crippen LogP contribution in [0.3, 0.4) is 0 Å². The monoisotopic (exact) mass is 464 g/mol. The highest BCUT2D eigenvalue weighted by Gasteiger charge is 2.36. The Balaban J connectivity index is 3.36. The van der Waals surface area contributed by atoms with Crippen molar-refractivity contribution in [1.82, 2.24) is 15.5 Å². The number of benzene rings is 1. The Morgan fingerprint density at radius 2 is 1.73 bits per heavy atom. The standard InChI is InChI=1S/C23H36N4O6/c1-7-27(19(20(30)25-14(2)3)15-10-8-9-11-17(15)28)21(31)16(12-13-18(24)29)26-22(32)33-23(4,5)6/h8-11,14,16,19,28H,7,12-13H2,1-6H3,(H2,24,29)(H,25,30)(H,26,32). The second-order valence-electron chi connectivity index (χ2n) is 8.95. The first-order chi connectivity index (χ1) is 15.3. The number of hydrogen-bond donors (Lipinski definition) is 4. The molecule has 33 heavy (non-hydrogen) atoms. The average Bonchev–Trinajstić information content (AvgIpc) is 2.67. The zero-order chi connectivity index (χ0) is 25.3. The number of primary amides is 1. The van der Waals surface area contributed by atoms with Gasteiger partial charge in [0.25, 0.3) is 0 Å². The minimum atomic E-state index is -1.17. The fraction of sp³-hybridized carbons (Fsp3) is 0.565. The molecule has 10 heteroatoms. The van der Waals surface area contributed by atoms with Crippen LogP contribution in [0.15, 0.2) is 24.3 Å². The Morgan fingerprint density at radius 1 is 1.12 bits per heavy atom. The number of para-hydroxylation sites is 1. The van der Waals surface area contributed by atoms with Gasteiger partial charge in [-0.15, -0.1) is 0 Å². The van der Waals surface area contributed by atoms with Gasteiger partial charge in [-0.25, -0.2) is 4.79 Å². The summed E-state index contributed by atoms with van der Waals surface area (Å²) in [5, 5.41) is 15.7. The molecule has 10 nitrogen and oxygen atoms in total. The number of carbonyl (C=O) groups is 4. The number of nitrogens with one attached hydrogen (secondary N) is 2. The number of carbonyl (C=O) groups excluding carboxylic acids is 4. The molecule has 0 aliphatic carbocycles. The summed E-state index contributed by atoms with van der Waals surface area (Å²) in [7, 11) is 0. The lowest BCUT2D eigenvalue weighted by Gasteiger charge is -2.34. The van der Waals surface area contributed by atoms with Crippen LogP contribution >= 0.6 is 0 Å². The lowest BCUT2D eigenvalue weighted by atomic mass is 10.0. The SMILES string of the molecule is CCN(C(=O)C(CCC(N)=O)NC(=O)OC(C)(C)C)C(C(=O)NC(C)C)c1ccccc1O. The summed E-state index contributed by atoms with van der Waals surface area (Å²) in [4.78, 5) is 51.6. The minimum Gasteiger partial charge on any atom is -0.508 e. The fourth-order valence-corrected chi connectivity index (χ4v) is 3.19. The molecule has 0 aliphatic heterocycles. The van der Waals surface area contributed by atoms with Crippen molar-refractivity contribution < 1.29 is 29.0 Å². The molecule has 0 saturated carbocycles. The third kappa shape index (κ3) is 8.99. The zero-order valence-corrected chi connectivity index (χ0v) is 20.2. The quantitative estimate of drug-likeness (QED) is 0.415. The summed E-state index contributed by atoms with van der Waals surface area (Å²) in [6.07, 6.45) is -1.08. The summed E-state index contributed by atoms with van der Waals surface area (Å²) in [5.41, 5.74) is 4.68. The van der Waals surface area contributed by atoms with Crippen LogP contribution < -0.4 is 16.4 Å². The van der Waals surface area contributed by atoms with Crippen molar-refractivity contribution in [3.05, 3.63) is 29.8 Å². The molecule has 0 heterocycles. The number of amides is 4. The first-order valence-electron chi connectivity index (χ1n) is 10.9. The van der Waals surface area contributed by atoms with Gasteiger partial charge in [-0.05, 0) is 54.0 Å². The van der Waals surface area contributed by atoms with Crippen LogP contribution in [0.1, 0.15) is 66.0 Å². The minimum absolute atomic E-state index is 0.0802. The molecule has 1 rings (SSSR count). The van der Waals surface area contributed by atoms with Gasteiger partial charge in [-0.2, -0.15) is 0 Å². The number of hydrogen-bond acceptors (Lipinski definition) is 6. The van der Waals surface area contributed by atoms with Gasteiger partial charge in [0.05, 0.1) is 0 Å². The maximum Gasteiger partial charge on any atom is 0.408 e. The van der Waals surface area contributed by atoms with Crippen molar-refractivity contribution in [3.8, 4) is 5.75 Å². The molecule has 1 aromatic carbocycles. The highest BCUT2D eigenvalue weighted by molar-refractivity contribution is 5.93. The molecule has 2 unspecified atom stereocenters. The lowest BCUT2D eigenvalue weighted by Crippen LogP contribution is -2.53. The van der Waals surface area contributed by atoms with E-state index in [4.69, 9.17) is 10.5 Å². The van der Waals surface area contributed by atoms with Crippen LogP contribution in [0.2, 0.25) is 0 Å². The molecule has 0 aromatic heterocycles. The van der Waals surface area contributed by atoms with E-state index in [-0.39, 0.29) is 36.7 Å². The Morgan fingerprint density at radius 3 is 2.21 bits per heavy atom. The van der Waals surface area contributed by atoms with Gasteiger partial charge in [-0.3, -0.25) is 14.4 Å². The number of nitrogens with two attached hydrogens (primary N) is 1. The normalized spacial score (nSPS) is 13.1. The molecule has 1 aromatic rings. The molecule has 5 N–H and O–H groups in total. The zero-order valence-electron chi connectivity index (χ0n) is 20.2. The highest BCUT2D eigenvalue weighted by Crippen LogP contribution is 2.30. The van der Waals surface area contributed by atoms with E-state index in [9.17, 15) is 24.3 Å². The molecule has 4 amide bonds. The molecular weight excluding hydrogens is 428 g/mol. The number of ether oxygens (including phenoxy) is 1. The molecule has 184 valence electrons. The molecule has 0 radical (unpaired) electrons. The van der Waals surface area contributed by atoms with E-state index in [2.05, 4.69) is 10.6 Å². The number of aromatic hydroxyl groups is 1. The van der Waals surface area contributed by atoms with Crippen molar-refractivity contribution in [2.45, 2.75) is 78.1 Å². The summed E-state index contributed by atoms with van der Waals surface area (Å²) in [5.74, 6) is -1.90. The molecule has 0 spiro atoms. The van der Waals surface area contributed by atoms with E-state index in [0.717, 1.165) is 0 Å². The van der Waals surface area contributed by atoms with Gasteiger partial charge in [-0.1, -0.05) is 18.2 Å². The second-order valence-corrected chi connectivity index (χ2v) is 8.95. The van der Waals surface area contributed by atoms with Crippen molar-refractivity contribution >= 4 is 23.8 Å². The van der Waals surface area contributed by atoms with E-state index in [1.165, 1.54) is 11.0 Å². The van der Waals surface area contributed by atoms with Gasteiger partial charge >= 0.3 is 6.09 Å². The summed E-state index contributed by atoms with van der Waals surface area (Å²) >= 11 is 0. The van der Waals surface area contributed by atoms with Gasteiger partial charge < -0.3 is 31.1 Å². The molecule has 0 aliphatic rings. The maximum absolute atomic E-state index is 13.5. The number of phenols is 1. The van der Waals surface area contributed by atoms with Crippen molar-refractivity contribution in [1.29, 1.82) is 0 Å². The Labute approximate surface area is 194 Å². The van der Waals surface area contributed by atoms with Crippen molar-refractivity contribution in [2.75, 3.05) is 6.54 Å². The summed E-state index contributed by atoms with van der Waals surface area (Å²) in [6, 6.07) is 3.67. The summed E-state index contributed by atoms with van der Waals surface area (Å²) < 4.78 is 5.25. The molecule has 0 fully saturated rings. The highest BCUT2D eigenvalue weighted by atomic mass is 16.6. The van der Waals surface area contributed by atoms with Gasteiger partial charge in [0.1, 0.15) is 23.4 Å². The maximum atomic E-state index is 13.5. The first-order valence-corrected chi connectivity index (χ1v) is 10.9. The molecular formula is C23H36N4O6. The van der Waals surface area contributed by atoms with E-state index in [1.54, 1.807) is 59.7 Å². The van der Waals surface area contributed by atoms with Crippen LogP contribution in [-0.4, -0.2) is 58.1 Å². The van der Waals surface area contributed by atoms with E-state index in [0.29, 0.717) is 0 Å². The average molecular weight is 465 g/mol. The Kier molecular flexibility index (Phi) is 10.2. The Bertz CT molecular complexity index is 850. The molecule has 0 bridgehead atoms. The van der Waals surface area contributed by atoms with E-state index in [1.807, 2.05) is 0 Å². The smallest absolute Gasteiger partial charge is 0.408 e. The van der Waals surface area contributed by atoms with Gasteiger partial charge in [0, 0.05) is 24.6 Å². The van der Waals surface area contributed by atoms with Gasteiger partial charge in [0.15, 0.2) is 0 Å². The van der Waals surface area contributed by atoms with E-state index >= 15 is 0 Å². The molecule has 2 atom stereocenters. The second kappa shape index (κ2) is 12.1. The topological polar surface area (TPSA) is 151 Å². The van der Waals surface area contributed by atoms with Crippen molar-refractivity contribution in [2.24, 2.45) is 5.73 Å². The van der Waals surface area contributed by atoms with Crippen LogP contribution in [0.4, 0.5) is 4.79 Å².